The molecule has 15 heavy (non-hydrogen) atoms. The summed E-state index contributed by atoms with van der Waals surface area (Å²) in [4.78, 5) is 23.6. The number of hydrogen-bond donors (Lipinski definition) is 2. The molecule has 0 aliphatic heterocycles. The molecule has 0 aliphatic rings. The van der Waals surface area contributed by atoms with E-state index in [1.54, 1.807) is 6.08 Å². The quantitative estimate of drug-likeness (QED) is 0.650. The van der Waals surface area contributed by atoms with Gasteiger partial charge in [0.15, 0.2) is 0 Å². The van der Waals surface area contributed by atoms with Crippen molar-refractivity contribution in [3.8, 4) is 0 Å². The monoisotopic (exact) mass is 214 g/mol. The van der Waals surface area contributed by atoms with Gasteiger partial charge in [0.1, 0.15) is 6.04 Å². The van der Waals surface area contributed by atoms with Crippen molar-refractivity contribution in [2.24, 2.45) is 0 Å². The third kappa shape index (κ3) is 5.05. The lowest BCUT2D eigenvalue weighted by Gasteiger charge is -2.22. The Hall–Kier alpha value is -1.52. The molecule has 0 fully saturated rings. The van der Waals surface area contributed by atoms with Crippen LogP contribution in [0.15, 0.2) is 12.7 Å². The highest BCUT2D eigenvalue weighted by Crippen LogP contribution is 1.94. The minimum absolute atomic E-state index is 0.369. The number of carbonyl (C=O) groups excluding carboxylic acids is 1. The van der Waals surface area contributed by atoms with Gasteiger partial charge < -0.3 is 15.3 Å². The number of amides is 2. The van der Waals surface area contributed by atoms with Gasteiger partial charge in [-0.25, -0.2) is 4.79 Å². The zero-order valence-electron chi connectivity index (χ0n) is 9.19. The highest BCUT2D eigenvalue weighted by molar-refractivity contribution is 5.82. The van der Waals surface area contributed by atoms with E-state index in [9.17, 15) is 9.59 Å². The molecule has 0 unspecified atom stereocenters. The van der Waals surface area contributed by atoms with Gasteiger partial charge in [-0.3, -0.25) is 4.79 Å². The summed E-state index contributed by atoms with van der Waals surface area (Å²) in [6.07, 6.45) is 2.43. The van der Waals surface area contributed by atoms with E-state index in [1.807, 2.05) is 6.92 Å². The molecule has 0 saturated heterocycles. The fourth-order valence-electron chi connectivity index (χ4n) is 1.04. The average molecular weight is 214 g/mol. The first-order valence-corrected chi connectivity index (χ1v) is 4.92. The van der Waals surface area contributed by atoms with Gasteiger partial charge in [-0.15, -0.1) is 6.58 Å². The SMILES string of the molecule is C=CCN(CCC)C(=O)N[C@@H](C)C(=O)O. The number of carboxylic acids is 1. The molecule has 0 bridgehead atoms. The van der Waals surface area contributed by atoms with E-state index in [1.165, 1.54) is 11.8 Å². The smallest absolute Gasteiger partial charge is 0.325 e. The lowest BCUT2D eigenvalue weighted by molar-refractivity contribution is -0.138. The molecule has 0 spiro atoms. The van der Waals surface area contributed by atoms with E-state index in [0.717, 1.165) is 6.42 Å². The van der Waals surface area contributed by atoms with Gasteiger partial charge in [0.2, 0.25) is 0 Å². The Morgan fingerprint density at radius 2 is 2.20 bits per heavy atom. The maximum atomic E-state index is 11.5. The Labute approximate surface area is 89.8 Å². The van der Waals surface area contributed by atoms with Gasteiger partial charge in [-0.05, 0) is 13.3 Å². The van der Waals surface area contributed by atoms with Gasteiger partial charge in [0, 0.05) is 13.1 Å². The topological polar surface area (TPSA) is 69.6 Å². The molecule has 5 heteroatoms. The fourth-order valence-corrected chi connectivity index (χ4v) is 1.04. The largest absolute Gasteiger partial charge is 0.480 e. The highest BCUT2D eigenvalue weighted by atomic mass is 16.4. The molecule has 5 nitrogen and oxygen atoms in total. The van der Waals surface area contributed by atoms with Crippen molar-refractivity contribution in [2.75, 3.05) is 13.1 Å². The van der Waals surface area contributed by atoms with Crippen LogP contribution in [0, 0.1) is 0 Å². The molecule has 0 aromatic rings. The Bertz CT molecular complexity index is 241. The standard InChI is InChI=1S/C10H18N2O3/c1-4-6-12(7-5-2)10(15)11-8(3)9(13)14/h4,8H,1,5-7H2,2-3H3,(H,11,15)(H,13,14)/t8-/m0/s1. The van der Waals surface area contributed by atoms with E-state index in [0.29, 0.717) is 13.1 Å². The Morgan fingerprint density at radius 3 is 2.60 bits per heavy atom. The Balaban J connectivity index is 4.24. The van der Waals surface area contributed by atoms with Crippen LogP contribution in [-0.2, 0) is 4.79 Å². The minimum Gasteiger partial charge on any atom is -0.480 e. The van der Waals surface area contributed by atoms with E-state index < -0.39 is 12.0 Å². The number of nitrogens with one attached hydrogen (secondary N) is 1. The highest BCUT2D eigenvalue weighted by Gasteiger charge is 2.17. The predicted octanol–water partition coefficient (Wildman–Crippen LogP) is 1.07. The molecule has 0 heterocycles. The first-order valence-electron chi connectivity index (χ1n) is 4.92. The molecule has 0 radical (unpaired) electrons. The van der Waals surface area contributed by atoms with E-state index in [2.05, 4.69) is 11.9 Å². The summed E-state index contributed by atoms with van der Waals surface area (Å²) in [7, 11) is 0. The number of carbonyl (C=O) groups is 2. The molecule has 0 rings (SSSR count). The van der Waals surface area contributed by atoms with Crippen molar-refractivity contribution in [3.05, 3.63) is 12.7 Å². The second kappa shape index (κ2) is 6.86. The van der Waals surface area contributed by atoms with Gasteiger partial charge in [0.05, 0.1) is 0 Å². The zero-order valence-corrected chi connectivity index (χ0v) is 9.19. The summed E-state index contributed by atoms with van der Waals surface area (Å²) in [5, 5.41) is 11.0. The Kier molecular flexibility index (Phi) is 6.17. The van der Waals surface area contributed by atoms with Crippen LogP contribution < -0.4 is 5.32 Å². The average Bonchev–Trinajstić information content (AvgIpc) is 2.17. The number of rotatable bonds is 6. The molecule has 0 aromatic heterocycles. The molecule has 1 atom stereocenters. The lowest BCUT2D eigenvalue weighted by Crippen LogP contribution is -2.46. The third-order valence-electron chi connectivity index (χ3n) is 1.84. The fraction of sp³-hybridized carbons (Fsp3) is 0.600. The number of nitrogens with zero attached hydrogens (tertiary/aromatic N) is 1. The van der Waals surface area contributed by atoms with Crippen LogP contribution in [0.2, 0.25) is 0 Å². The van der Waals surface area contributed by atoms with Crippen LogP contribution in [0.3, 0.4) is 0 Å². The van der Waals surface area contributed by atoms with E-state index in [4.69, 9.17) is 5.11 Å². The number of carboxylic acid groups (broad SMARTS) is 1. The van der Waals surface area contributed by atoms with E-state index >= 15 is 0 Å². The first kappa shape index (κ1) is 13.5. The molecule has 2 N–H and O–H groups in total. The summed E-state index contributed by atoms with van der Waals surface area (Å²) in [6.45, 7) is 7.93. The van der Waals surface area contributed by atoms with Crippen molar-refractivity contribution in [1.29, 1.82) is 0 Å². The second-order valence-corrected chi connectivity index (χ2v) is 3.24. The van der Waals surface area contributed by atoms with E-state index in [-0.39, 0.29) is 6.03 Å². The van der Waals surface area contributed by atoms with Crippen molar-refractivity contribution >= 4 is 12.0 Å². The maximum Gasteiger partial charge on any atom is 0.325 e. The van der Waals surface area contributed by atoms with Crippen molar-refractivity contribution in [3.63, 3.8) is 0 Å². The molecule has 0 aromatic carbocycles. The molecular formula is C10H18N2O3. The number of hydrogen-bond acceptors (Lipinski definition) is 2. The van der Waals surface area contributed by atoms with Crippen LogP contribution >= 0.6 is 0 Å². The lowest BCUT2D eigenvalue weighted by atomic mass is 10.3. The molecule has 2 amide bonds. The summed E-state index contributed by atoms with van der Waals surface area (Å²) in [5.74, 6) is -1.04. The van der Waals surface area contributed by atoms with Crippen LogP contribution in [-0.4, -0.2) is 41.1 Å². The Morgan fingerprint density at radius 1 is 1.60 bits per heavy atom. The summed E-state index contributed by atoms with van der Waals surface area (Å²) in [5.41, 5.74) is 0. The molecule has 0 saturated carbocycles. The second-order valence-electron chi connectivity index (χ2n) is 3.24. The predicted molar refractivity (Wildman–Crippen MR) is 57.7 cm³/mol. The summed E-state index contributed by atoms with van der Waals surface area (Å²) < 4.78 is 0. The molecule has 0 aliphatic carbocycles. The van der Waals surface area contributed by atoms with Crippen LogP contribution in [0.5, 0.6) is 0 Å². The normalized spacial score (nSPS) is 11.6. The van der Waals surface area contributed by atoms with Gasteiger partial charge in [0.25, 0.3) is 0 Å². The van der Waals surface area contributed by atoms with Gasteiger partial charge in [-0.2, -0.15) is 0 Å². The van der Waals surface area contributed by atoms with Crippen molar-refractivity contribution in [2.45, 2.75) is 26.3 Å². The van der Waals surface area contributed by atoms with Gasteiger partial charge in [-0.1, -0.05) is 13.0 Å². The zero-order chi connectivity index (χ0) is 11.8. The van der Waals surface area contributed by atoms with Gasteiger partial charge >= 0.3 is 12.0 Å². The summed E-state index contributed by atoms with van der Waals surface area (Å²) >= 11 is 0. The first-order chi connectivity index (χ1) is 7.02. The number of aliphatic carboxylic acids is 1. The number of urea groups is 1. The van der Waals surface area contributed by atoms with Crippen LogP contribution in [0.4, 0.5) is 4.79 Å². The molecule has 86 valence electrons. The maximum absolute atomic E-state index is 11.5. The van der Waals surface area contributed by atoms with Crippen molar-refractivity contribution < 1.29 is 14.7 Å². The van der Waals surface area contributed by atoms with Crippen molar-refractivity contribution in [1.82, 2.24) is 10.2 Å². The van der Waals surface area contributed by atoms with Crippen LogP contribution in [0.1, 0.15) is 20.3 Å². The molecular weight excluding hydrogens is 196 g/mol. The van der Waals surface area contributed by atoms with Crippen LogP contribution in [0.25, 0.3) is 0 Å². The third-order valence-corrected chi connectivity index (χ3v) is 1.84. The minimum atomic E-state index is -1.04. The summed E-state index contributed by atoms with van der Waals surface area (Å²) in [6, 6.07) is -1.24.